The van der Waals surface area contributed by atoms with E-state index in [1.54, 1.807) is 24.3 Å². The molecule has 1 unspecified atom stereocenters. The molecule has 5 atom stereocenters. The van der Waals surface area contributed by atoms with Crippen molar-refractivity contribution in [1.82, 2.24) is 0 Å². The molecule has 11 nitrogen and oxygen atoms in total. The fourth-order valence-electron chi connectivity index (χ4n) is 4.07. The van der Waals surface area contributed by atoms with E-state index < -0.39 is 55.1 Å². The van der Waals surface area contributed by atoms with E-state index >= 15 is 4.39 Å². The van der Waals surface area contributed by atoms with Gasteiger partial charge in [-0.15, -0.1) is 0 Å². The average molecular weight is 583 g/mol. The topological polar surface area (TPSA) is 125 Å². The third-order valence-electron chi connectivity index (χ3n) is 5.89. The van der Waals surface area contributed by atoms with Crippen LogP contribution in [0.5, 0.6) is 5.75 Å². The van der Waals surface area contributed by atoms with Crippen LogP contribution in [0, 0.1) is 5.82 Å². The highest BCUT2D eigenvalue weighted by atomic mass is 19.1. The molecular formula is C28H32F2O11. The minimum atomic E-state index is -2.35. The lowest BCUT2D eigenvalue weighted by Crippen LogP contribution is -2.56. The maximum atomic E-state index is 15.7. The van der Waals surface area contributed by atoms with Gasteiger partial charge in [0.05, 0.1) is 26.9 Å². The molecule has 1 aliphatic heterocycles. The van der Waals surface area contributed by atoms with Crippen LogP contribution in [0.25, 0.3) is 0 Å². The number of hydrogen-bond donors (Lipinski definition) is 0. The smallest absolute Gasteiger partial charge is 0.497 e. The van der Waals surface area contributed by atoms with Crippen molar-refractivity contribution in [2.24, 2.45) is 0 Å². The predicted molar refractivity (Wildman–Crippen MR) is 137 cm³/mol. The largest absolute Gasteiger partial charge is 0.510 e. The molecule has 0 N–H and O–H groups in total. The number of carbonyl (C=O) groups excluding carboxylic acids is 3. The van der Waals surface area contributed by atoms with Crippen molar-refractivity contribution >= 4 is 18.5 Å². The van der Waals surface area contributed by atoms with E-state index in [1.807, 2.05) is 0 Å². The van der Waals surface area contributed by atoms with E-state index in [1.165, 1.54) is 40.0 Å². The summed E-state index contributed by atoms with van der Waals surface area (Å²) >= 11 is 0. The molecule has 13 heteroatoms. The van der Waals surface area contributed by atoms with E-state index in [9.17, 15) is 18.8 Å². The highest BCUT2D eigenvalue weighted by molar-refractivity contribution is 5.62. The SMILES string of the molecule is CCOC(=O)O[C@H]1O[C@@H](c2ccc(F)c(Cc3ccc(OC)cc3)c2)[C@H](OC(=O)OCC)[C@@H](OC(=O)OCC)C1F. The first-order valence-corrected chi connectivity index (χ1v) is 12.9. The zero-order valence-corrected chi connectivity index (χ0v) is 23.0. The van der Waals surface area contributed by atoms with Crippen LogP contribution in [-0.2, 0) is 39.6 Å². The van der Waals surface area contributed by atoms with Gasteiger partial charge >= 0.3 is 18.5 Å². The van der Waals surface area contributed by atoms with E-state index in [0.29, 0.717) is 5.75 Å². The Balaban J connectivity index is 2.02. The van der Waals surface area contributed by atoms with Crippen molar-refractivity contribution < 1.29 is 61.1 Å². The summed E-state index contributed by atoms with van der Waals surface area (Å²) in [5, 5.41) is 0. The molecule has 0 amide bonds. The summed E-state index contributed by atoms with van der Waals surface area (Å²) in [6.07, 6.45) is -12.8. The molecule has 0 saturated carbocycles. The van der Waals surface area contributed by atoms with Gasteiger partial charge in [-0.3, -0.25) is 0 Å². The van der Waals surface area contributed by atoms with Gasteiger partial charge in [0, 0.05) is 6.42 Å². The monoisotopic (exact) mass is 582 g/mol. The van der Waals surface area contributed by atoms with Gasteiger partial charge in [-0.1, -0.05) is 18.2 Å². The van der Waals surface area contributed by atoms with Crippen LogP contribution < -0.4 is 4.74 Å². The van der Waals surface area contributed by atoms with E-state index in [4.69, 9.17) is 37.9 Å². The number of halogens is 2. The summed E-state index contributed by atoms with van der Waals surface area (Å²) in [6, 6.07) is 10.9. The van der Waals surface area contributed by atoms with Crippen molar-refractivity contribution in [2.45, 2.75) is 58.0 Å². The molecule has 0 spiro atoms. The Morgan fingerprint density at radius 1 is 0.805 bits per heavy atom. The number of rotatable bonds is 10. The zero-order chi connectivity index (χ0) is 29.9. The minimum Gasteiger partial charge on any atom is -0.497 e. The molecule has 0 bridgehead atoms. The number of hydrogen-bond acceptors (Lipinski definition) is 11. The molecule has 0 aliphatic carbocycles. The zero-order valence-electron chi connectivity index (χ0n) is 23.0. The van der Waals surface area contributed by atoms with Crippen LogP contribution in [0.2, 0.25) is 0 Å². The predicted octanol–water partition coefficient (Wildman–Crippen LogP) is 5.42. The molecule has 2 aromatic rings. The molecule has 3 rings (SSSR count). The molecule has 0 radical (unpaired) electrons. The first-order valence-electron chi connectivity index (χ1n) is 12.9. The van der Waals surface area contributed by atoms with Crippen LogP contribution in [0.15, 0.2) is 42.5 Å². The number of alkyl halides is 1. The van der Waals surface area contributed by atoms with Gasteiger partial charge < -0.3 is 37.9 Å². The first kappa shape index (κ1) is 31.4. The maximum absolute atomic E-state index is 15.7. The van der Waals surface area contributed by atoms with Gasteiger partial charge in [0.1, 0.15) is 17.7 Å². The van der Waals surface area contributed by atoms with Crippen LogP contribution in [-0.4, -0.2) is 70.1 Å². The highest BCUT2D eigenvalue weighted by Crippen LogP contribution is 2.39. The second-order valence-electron chi connectivity index (χ2n) is 8.58. The minimum absolute atomic E-state index is 0.0727. The van der Waals surface area contributed by atoms with Crippen molar-refractivity contribution in [3.8, 4) is 5.75 Å². The van der Waals surface area contributed by atoms with Gasteiger partial charge in [0.2, 0.25) is 12.5 Å². The van der Waals surface area contributed by atoms with Crippen molar-refractivity contribution in [3.05, 3.63) is 65.0 Å². The number of methoxy groups -OCH3 is 1. The Morgan fingerprint density at radius 2 is 1.37 bits per heavy atom. The second kappa shape index (κ2) is 15.0. The molecule has 0 aromatic heterocycles. The Bertz CT molecular complexity index is 1170. The fraction of sp³-hybridized carbons (Fsp3) is 0.464. The Hall–Kier alpha value is -4.13. The van der Waals surface area contributed by atoms with Gasteiger partial charge in [0.15, 0.2) is 12.2 Å². The van der Waals surface area contributed by atoms with Crippen LogP contribution >= 0.6 is 0 Å². The van der Waals surface area contributed by atoms with E-state index in [-0.39, 0.29) is 37.4 Å². The number of ether oxygens (including phenoxy) is 8. The third kappa shape index (κ3) is 8.43. The van der Waals surface area contributed by atoms with Gasteiger partial charge in [-0.2, -0.15) is 0 Å². The standard InChI is InChI=1S/C28H32F2O11/c1-5-35-26(31)39-23-21(30)25(41-28(33)37-7-3)38-22(24(23)40-27(32)36-6-2)17-10-13-20(29)18(15-17)14-16-8-11-19(34-4)12-9-16/h8-13,15,21-25H,5-7,14H2,1-4H3/t21?,22-,23-,24-,25+/m0/s1. The molecule has 1 heterocycles. The van der Waals surface area contributed by atoms with E-state index in [0.717, 1.165) is 11.6 Å². The van der Waals surface area contributed by atoms with Crippen molar-refractivity contribution in [1.29, 1.82) is 0 Å². The van der Waals surface area contributed by atoms with Gasteiger partial charge in [-0.05, 0) is 61.7 Å². The lowest BCUT2D eigenvalue weighted by Gasteiger charge is -2.41. The summed E-state index contributed by atoms with van der Waals surface area (Å²) in [4.78, 5) is 36.6. The highest BCUT2D eigenvalue weighted by Gasteiger charge is 2.53. The van der Waals surface area contributed by atoms with Crippen LogP contribution in [0.4, 0.5) is 23.2 Å². The fourth-order valence-corrected chi connectivity index (χ4v) is 4.07. The molecule has 1 aliphatic rings. The number of benzene rings is 2. The van der Waals surface area contributed by atoms with Crippen molar-refractivity contribution in [2.75, 3.05) is 26.9 Å². The first-order chi connectivity index (χ1) is 19.7. The Morgan fingerprint density at radius 3 is 1.93 bits per heavy atom. The molecule has 1 fully saturated rings. The summed E-state index contributed by atoms with van der Waals surface area (Å²) in [7, 11) is 1.52. The van der Waals surface area contributed by atoms with E-state index in [2.05, 4.69) is 0 Å². The van der Waals surface area contributed by atoms with Crippen LogP contribution in [0.3, 0.4) is 0 Å². The Kier molecular flexibility index (Phi) is 11.5. The van der Waals surface area contributed by atoms with Gasteiger partial charge in [-0.25, -0.2) is 23.2 Å². The lowest BCUT2D eigenvalue weighted by molar-refractivity contribution is -0.274. The maximum Gasteiger partial charge on any atom is 0.510 e. The molecule has 2 aromatic carbocycles. The summed E-state index contributed by atoms with van der Waals surface area (Å²) in [5.41, 5.74) is 1.17. The summed E-state index contributed by atoms with van der Waals surface area (Å²) in [5.74, 6) is 0.0730. The van der Waals surface area contributed by atoms with Gasteiger partial charge in [0.25, 0.3) is 0 Å². The van der Waals surface area contributed by atoms with Crippen LogP contribution in [0.1, 0.15) is 43.6 Å². The average Bonchev–Trinajstić information content (AvgIpc) is 2.94. The second-order valence-corrected chi connectivity index (χ2v) is 8.58. The summed E-state index contributed by atoms with van der Waals surface area (Å²) in [6.45, 7) is 4.30. The quantitative estimate of drug-likeness (QED) is 0.263. The molecule has 224 valence electrons. The summed E-state index contributed by atoms with van der Waals surface area (Å²) < 4.78 is 71.3. The lowest BCUT2D eigenvalue weighted by atomic mass is 9.92. The molecule has 41 heavy (non-hydrogen) atoms. The number of carbonyl (C=O) groups is 3. The van der Waals surface area contributed by atoms with Crippen molar-refractivity contribution in [3.63, 3.8) is 0 Å². The Labute approximate surface area is 235 Å². The normalized spacial score (nSPS) is 21.8. The molecule has 1 saturated heterocycles. The molecular weight excluding hydrogens is 550 g/mol. The third-order valence-corrected chi connectivity index (χ3v) is 5.89.